The molecule has 18 heavy (non-hydrogen) atoms. The van der Waals surface area contributed by atoms with Crippen molar-refractivity contribution in [3.05, 3.63) is 48.3 Å². The van der Waals surface area contributed by atoms with Crippen LogP contribution in [0.2, 0.25) is 0 Å². The number of nitrogens with one attached hydrogen (secondary N) is 1. The molecule has 0 saturated heterocycles. The monoisotopic (exact) mass is 243 g/mol. The minimum Gasteiger partial charge on any atom is -0.355 e. The van der Waals surface area contributed by atoms with Gasteiger partial charge in [0.1, 0.15) is 0 Å². The number of nitrogens with zero attached hydrogens (tertiary/aromatic N) is 2. The van der Waals surface area contributed by atoms with Gasteiger partial charge in [-0.3, -0.25) is 0 Å². The van der Waals surface area contributed by atoms with Crippen molar-refractivity contribution >= 4 is 5.95 Å². The Hall–Kier alpha value is -1.77. The average molecular weight is 243 g/mol. The van der Waals surface area contributed by atoms with Gasteiger partial charge in [0.05, 0.1) is 0 Å². The second-order valence-corrected chi connectivity index (χ2v) is 5.14. The van der Waals surface area contributed by atoms with E-state index in [4.69, 9.17) is 0 Å². The first-order chi connectivity index (χ1) is 8.63. The maximum absolute atomic E-state index is 4.34. The Bertz CT molecular complexity index is 485. The number of hydrogen-bond acceptors (Lipinski definition) is 2. The third-order valence-electron chi connectivity index (χ3n) is 3.30. The minimum atomic E-state index is 0.0891. The molecule has 1 aromatic carbocycles. The third kappa shape index (κ3) is 2.73. The summed E-state index contributed by atoms with van der Waals surface area (Å²) < 4.78 is 2.11. The normalized spacial score (nSPS) is 11.5. The Morgan fingerprint density at radius 1 is 1.22 bits per heavy atom. The topological polar surface area (TPSA) is 29.9 Å². The third-order valence-corrected chi connectivity index (χ3v) is 3.30. The van der Waals surface area contributed by atoms with Crippen LogP contribution in [0.15, 0.2) is 42.7 Å². The van der Waals surface area contributed by atoms with Gasteiger partial charge in [0.15, 0.2) is 0 Å². The van der Waals surface area contributed by atoms with E-state index in [1.54, 1.807) is 0 Å². The Balaban J connectivity index is 2.06. The van der Waals surface area contributed by atoms with Crippen LogP contribution in [-0.4, -0.2) is 16.1 Å². The smallest absolute Gasteiger partial charge is 0.202 e. The number of hydrogen-bond donors (Lipinski definition) is 1. The van der Waals surface area contributed by atoms with E-state index < -0.39 is 0 Å². The average Bonchev–Trinajstić information content (AvgIpc) is 2.85. The Morgan fingerprint density at radius 2 is 1.94 bits per heavy atom. The highest BCUT2D eigenvalue weighted by Crippen LogP contribution is 2.23. The zero-order chi connectivity index (χ0) is 13.0. The first-order valence-corrected chi connectivity index (χ1v) is 6.44. The van der Waals surface area contributed by atoms with E-state index in [-0.39, 0.29) is 5.41 Å². The van der Waals surface area contributed by atoms with E-state index >= 15 is 0 Å². The van der Waals surface area contributed by atoms with Crippen molar-refractivity contribution in [2.45, 2.75) is 32.7 Å². The molecule has 3 nitrogen and oxygen atoms in total. The van der Waals surface area contributed by atoms with Gasteiger partial charge in [-0.2, -0.15) is 0 Å². The molecule has 0 atom stereocenters. The molecule has 0 radical (unpaired) electrons. The van der Waals surface area contributed by atoms with Crippen LogP contribution in [0.5, 0.6) is 0 Å². The van der Waals surface area contributed by atoms with Crippen LogP contribution >= 0.6 is 0 Å². The van der Waals surface area contributed by atoms with Gasteiger partial charge in [-0.05, 0) is 12.5 Å². The lowest BCUT2D eigenvalue weighted by atomic mass is 9.85. The molecule has 2 aromatic rings. The molecule has 0 unspecified atom stereocenters. The summed E-state index contributed by atoms with van der Waals surface area (Å²) in [7, 11) is 0. The van der Waals surface area contributed by atoms with Gasteiger partial charge >= 0.3 is 0 Å². The van der Waals surface area contributed by atoms with Gasteiger partial charge in [-0.25, -0.2) is 4.98 Å². The zero-order valence-electron chi connectivity index (χ0n) is 11.4. The highest BCUT2D eigenvalue weighted by Gasteiger charge is 2.20. The van der Waals surface area contributed by atoms with Gasteiger partial charge in [-0.15, -0.1) is 0 Å². The summed E-state index contributed by atoms with van der Waals surface area (Å²) in [4.78, 5) is 4.34. The molecule has 3 heteroatoms. The van der Waals surface area contributed by atoms with Crippen LogP contribution in [0, 0.1) is 0 Å². The molecule has 0 spiro atoms. The van der Waals surface area contributed by atoms with Gasteiger partial charge < -0.3 is 9.88 Å². The fourth-order valence-corrected chi connectivity index (χ4v) is 2.02. The van der Waals surface area contributed by atoms with E-state index in [0.717, 1.165) is 19.0 Å². The van der Waals surface area contributed by atoms with Crippen LogP contribution in [0.1, 0.15) is 26.3 Å². The molecule has 0 aliphatic heterocycles. The summed E-state index contributed by atoms with van der Waals surface area (Å²) in [6.45, 7) is 8.42. The molecule has 0 fully saturated rings. The van der Waals surface area contributed by atoms with Crippen molar-refractivity contribution < 1.29 is 0 Å². The molecular formula is C15H21N3. The van der Waals surface area contributed by atoms with Crippen LogP contribution in [-0.2, 0) is 12.0 Å². The van der Waals surface area contributed by atoms with Gasteiger partial charge in [0, 0.05) is 30.9 Å². The quantitative estimate of drug-likeness (QED) is 0.873. The SMILES string of the molecule is CCn1ccnc1NCC(C)(C)c1ccccc1. The second-order valence-electron chi connectivity index (χ2n) is 5.14. The number of benzene rings is 1. The Morgan fingerprint density at radius 3 is 2.61 bits per heavy atom. The molecule has 0 bridgehead atoms. The maximum atomic E-state index is 4.34. The van der Waals surface area contributed by atoms with Crippen LogP contribution in [0.3, 0.4) is 0 Å². The highest BCUT2D eigenvalue weighted by molar-refractivity contribution is 5.31. The molecule has 2 rings (SSSR count). The predicted molar refractivity (Wildman–Crippen MR) is 75.9 cm³/mol. The standard InChI is InChI=1S/C15H21N3/c1-4-18-11-10-16-14(18)17-12-15(2,3)13-8-6-5-7-9-13/h5-11H,4,12H2,1-3H3,(H,16,17). The van der Waals surface area contributed by atoms with Crippen molar-refractivity contribution in [2.24, 2.45) is 0 Å². The maximum Gasteiger partial charge on any atom is 0.202 e. The molecule has 0 aliphatic rings. The summed E-state index contributed by atoms with van der Waals surface area (Å²) in [5, 5.41) is 3.43. The number of imidazole rings is 1. The number of rotatable bonds is 5. The van der Waals surface area contributed by atoms with Crippen molar-refractivity contribution in [1.82, 2.24) is 9.55 Å². The van der Waals surface area contributed by atoms with Crippen LogP contribution < -0.4 is 5.32 Å². The zero-order valence-corrected chi connectivity index (χ0v) is 11.4. The van der Waals surface area contributed by atoms with Crippen molar-refractivity contribution in [3.63, 3.8) is 0 Å². The number of anilines is 1. The molecule has 0 aliphatic carbocycles. The first kappa shape index (κ1) is 12.7. The molecule has 1 N–H and O–H groups in total. The van der Waals surface area contributed by atoms with Crippen molar-refractivity contribution in [1.29, 1.82) is 0 Å². The van der Waals surface area contributed by atoms with Crippen molar-refractivity contribution in [3.8, 4) is 0 Å². The van der Waals surface area contributed by atoms with Crippen LogP contribution in [0.4, 0.5) is 5.95 Å². The van der Waals surface area contributed by atoms with E-state index in [1.807, 2.05) is 12.4 Å². The number of aryl methyl sites for hydroxylation is 1. The van der Waals surface area contributed by atoms with E-state index in [9.17, 15) is 0 Å². The molecule has 96 valence electrons. The largest absolute Gasteiger partial charge is 0.355 e. The summed E-state index contributed by atoms with van der Waals surface area (Å²) in [6.07, 6.45) is 3.83. The molecule has 1 aromatic heterocycles. The Labute approximate surface area is 109 Å². The fourth-order valence-electron chi connectivity index (χ4n) is 2.02. The van der Waals surface area contributed by atoms with E-state index in [2.05, 4.69) is 66.0 Å². The Kier molecular flexibility index (Phi) is 3.70. The van der Waals surface area contributed by atoms with E-state index in [0.29, 0.717) is 0 Å². The lowest BCUT2D eigenvalue weighted by Gasteiger charge is -2.26. The van der Waals surface area contributed by atoms with Gasteiger partial charge in [-0.1, -0.05) is 44.2 Å². The van der Waals surface area contributed by atoms with Gasteiger partial charge in [0.25, 0.3) is 0 Å². The number of aromatic nitrogens is 2. The molecule has 0 amide bonds. The summed E-state index contributed by atoms with van der Waals surface area (Å²) in [5.41, 5.74) is 1.43. The first-order valence-electron chi connectivity index (χ1n) is 6.44. The molecule has 1 heterocycles. The van der Waals surface area contributed by atoms with Gasteiger partial charge in [0.2, 0.25) is 5.95 Å². The summed E-state index contributed by atoms with van der Waals surface area (Å²) in [5.74, 6) is 0.946. The van der Waals surface area contributed by atoms with Crippen LogP contribution in [0.25, 0.3) is 0 Å². The minimum absolute atomic E-state index is 0.0891. The highest BCUT2D eigenvalue weighted by atomic mass is 15.2. The molecule has 0 saturated carbocycles. The van der Waals surface area contributed by atoms with E-state index in [1.165, 1.54) is 5.56 Å². The lowest BCUT2D eigenvalue weighted by Crippen LogP contribution is -2.28. The van der Waals surface area contributed by atoms with Crippen molar-refractivity contribution in [2.75, 3.05) is 11.9 Å². The summed E-state index contributed by atoms with van der Waals surface area (Å²) in [6, 6.07) is 10.6. The second kappa shape index (κ2) is 5.25. The molecular weight excluding hydrogens is 222 g/mol. The lowest BCUT2D eigenvalue weighted by molar-refractivity contribution is 0.552. The fraction of sp³-hybridized carbons (Fsp3) is 0.400. The predicted octanol–water partition coefficient (Wildman–Crippen LogP) is 3.29. The summed E-state index contributed by atoms with van der Waals surface area (Å²) >= 11 is 0.